The van der Waals surface area contributed by atoms with Gasteiger partial charge in [-0.25, -0.2) is 0 Å². The van der Waals surface area contributed by atoms with Gasteiger partial charge in [0.2, 0.25) is 0 Å². The average Bonchev–Trinajstić information content (AvgIpc) is 2.84. The lowest BCUT2D eigenvalue weighted by molar-refractivity contribution is 0.212. The van der Waals surface area contributed by atoms with E-state index in [-0.39, 0.29) is 0 Å². The molecule has 0 spiro atoms. The molecular formula is C16H31NOS. The molecule has 0 saturated heterocycles. The monoisotopic (exact) mass is 285 g/mol. The Morgan fingerprint density at radius 1 is 1.21 bits per heavy atom. The van der Waals surface area contributed by atoms with Gasteiger partial charge in [-0.3, -0.25) is 4.21 Å². The summed E-state index contributed by atoms with van der Waals surface area (Å²) < 4.78 is 12.8. The Balaban J connectivity index is 1.97. The highest BCUT2D eigenvalue weighted by atomic mass is 32.2. The van der Waals surface area contributed by atoms with Gasteiger partial charge in [0.1, 0.15) is 0 Å². The van der Waals surface area contributed by atoms with Gasteiger partial charge in [-0.05, 0) is 50.0 Å². The van der Waals surface area contributed by atoms with Crippen LogP contribution < -0.4 is 5.32 Å². The van der Waals surface area contributed by atoms with E-state index in [1.54, 1.807) is 0 Å². The predicted octanol–water partition coefficient (Wildman–Crippen LogP) is 3.48. The quantitative estimate of drug-likeness (QED) is 0.838. The third kappa shape index (κ3) is 4.29. The zero-order chi connectivity index (χ0) is 13.9. The zero-order valence-electron chi connectivity index (χ0n) is 12.9. The lowest BCUT2D eigenvalue weighted by Crippen LogP contribution is -2.49. The van der Waals surface area contributed by atoms with Gasteiger partial charge in [0.15, 0.2) is 0 Å². The minimum atomic E-state index is -0.637. The van der Waals surface area contributed by atoms with Crippen LogP contribution in [-0.2, 0) is 10.8 Å². The summed E-state index contributed by atoms with van der Waals surface area (Å²) in [7, 11) is -0.637. The van der Waals surface area contributed by atoms with Gasteiger partial charge in [0.25, 0.3) is 0 Å². The molecular weight excluding hydrogens is 254 g/mol. The zero-order valence-corrected chi connectivity index (χ0v) is 13.7. The Bertz CT molecular complexity index is 310. The molecule has 3 heteroatoms. The van der Waals surface area contributed by atoms with Crippen LogP contribution in [0.3, 0.4) is 0 Å². The van der Waals surface area contributed by atoms with Gasteiger partial charge in [0.05, 0.1) is 5.25 Å². The van der Waals surface area contributed by atoms with Crippen molar-refractivity contribution in [2.24, 2.45) is 11.3 Å². The second-order valence-electron chi connectivity index (χ2n) is 7.31. The molecule has 19 heavy (non-hydrogen) atoms. The third-order valence-electron chi connectivity index (χ3n) is 5.01. The average molecular weight is 285 g/mol. The molecule has 0 radical (unpaired) electrons. The minimum absolute atomic E-state index is 0.377. The van der Waals surface area contributed by atoms with Crippen molar-refractivity contribution in [2.45, 2.75) is 77.0 Å². The summed E-state index contributed by atoms with van der Waals surface area (Å²) in [5, 5.41) is 3.96. The van der Waals surface area contributed by atoms with E-state index in [4.69, 9.17) is 0 Å². The molecule has 0 aliphatic heterocycles. The van der Waals surface area contributed by atoms with Gasteiger partial charge in [-0.2, -0.15) is 0 Å². The highest BCUT2D eigenvalue weighted by Gasteiger charge is 2.38. The van der Waals surface area contributed by atoms with Crippen molar-refractivity contribution in [3.63, 3.8) is 0 Å². The molecule has 2 saturated carbocycles. The lowest BCUT2D eigenvalue weighted by Gasteiger charge is -2.41. The van der Waals surface area contributed by atoms with E-state index in [1.807, 2.05) is 0 Å². The fraction of sp³-hybridized carbons (Fsp3) is 1.00. The fourth-order valence-electron chi connectivity index (χ4n) is 3.83. The molecule has 2 aliphatic carbocycles. The summed E-state index contributed by atoms with van der Waals surface area (Å²) in [4.78, 5) is 0. The number of rotatable bonds is 5. The molecule has 0 aromatic rings. The highest BCUT2D eigenvalue weighted by molar-refractivity contribution is 7.85. The largest absolute Gasteiger partial charge is 0.313 e. The first-order valence-corrected chi connectivity index (χ1v) is 9.50. The van der Waals surface area contributed by atoms with E-state index < -0.39 is 10.8 Å². The number of hydrogen-bond donors (Lipinski definition) is 1. The predicted molar refractivity (Wildman–Crippen MR) is 83.9 cm³/mol. The lowest BCUT2D eigenvalue weighted by atomic mass is 9.75. The molecule has 0 aromatic heterocycles. The maximum absolute atomic E-state index is 12.8. The SMILES string of the molecule is CCNC1CCC(C)(C)CC1S(=O)CC1CCCC1. The second-order valence-corrected chi connectivity index (χ2v) is 9.01. The van der Waals surface area contributed by atoms with E-state index in [2.05, 4.69) is 26.1 Å². The molecule has 2 rings (SSSR count). The van der Waals surface area contributed by atoms with Crippen LogP contribution in [0.1, 0.15) is 65.7 Å². The molecule has 0 amide bonds. The maximum atomic E-state index is 12.8. The Labute approximate surface area is 121 Å². The van der Waals surface area contributed by atoms with Gasteiger partial charge in [-0.15, -0.1) is 0 Å². The van der Waals surface area contributed by atoms with Crippen LogP contribution in [0.5, 0.6) is 0 Å². The number of nitrogens with one attached hydrogen (secondary N) is 1. The molecule has 0 heterocycles. The standard InChI is InChI=1S/C16H31NOS/c1-4-17-14-9-10-16(2,3)11-15(14)19(18)12-13-7-5-6-8-13/h13-15,17H,4-12H2,1-3H3. The molecule has 3 atom stereocenters. The maximum Gasteiger partial charge on any atom is 0.0506 e. The van der Waals surface area contributed by atoms with Gasteiger partial charge in [0, 0.05) is 22.6 Å². The summed E-state index contributed by atoms with van der Waals surface area (Å²) in [6.45, 7) is 7.85. The Hall–Kier alpha value is 0.110. The normalized spacial score (nSPS) is 33.4. The van der Waals surface area contributed by atoms with Crippen molar-refractivity contribution in [2.75, 3.05) is 12.3 Å². The molecule has 2 nitrogen and oxygen atoms in total. The van der Waals surface area contributed by atoms with Gasteiger partial charge >= 0.3 is 0 Å². The first kappa shape index (κ1) is 15.5. The second kappa shape index (κ2) is 6.71. The van der Waals surface area contributed by atoms with Crippen molar-refractivity contribution in [1.29, 1.82) is 0 Å². The first-order valence-electron chi connectivity index (χ1n) is 8.12. The molecule has 1 N–H and O–H groups in total. The van der Waals surface area contributed by atoms with E-state index in [0.717, 1.165) is 24.6 Å². The van der Waals surface area contributed by atoms with Crippen LogP contribution in [0.25, 0.3) is 0 Å². The Morgan fingerprint density at radius 3 is 2.53 bits per heavy atom. The van der Waals surface area contributed by atoms with Crippen LogP contribution in [0.2, 0.25) is 0 Å². The summed E-state index contributed by atoms with van der Waals surface area (Å²) >= 11 is 0. The molecule has 2 fully saturated rings. The van der Waals surface area contributed by atoms with Crippen molar-refractivity contribution >= 4 is 10.8 Å². The first-order chi connectivity index (χ1) is 9.02. The van der Waals surface area contributed by atoms with Crippen molar-refractivity contribution in [3.8, 4) is 0 Å². The van der Waals surface area contributed by atoms with Crippen LogP contribution >= 0.6 is 0 Å². The smallest absolute Gasteiger partial charge is 0.0506 e. The third-order valence-corrected chi connectivity index (χ3v) is 6.98. The molecule has 0 bridgehead atoms. The number of hydrogen-bond acceptors (Lipinski definition) is 2. The molecule has 0 aromatic carbocycles. The van der Waals surface area contributed by atoms with Crippen LogP contribution in [0.15, 0.2) is 0 Å². The molecule has 2 aliphatic rings. The minimum Gasteiger partial charge on any atom is -0.313 e. The van der Waals surface area contributed by atoms with Crippen molar-refractivity contribution in [1.82, 2.24) is 5.32 Å². The Morgan fingerprint density at radius 2 is 1.89 bits per heavy atom. The van der Waals surface area contributed by atoms with E-state index in [1.165, 1.54) is 38.5 Å². The van der Waals surface area contributed by atoms with Gasteiger partial charge < -0.3 is 5.32 Å². The highest BCUT2D eigenvalue weighted by Crippen LogP contribution is 2.38. The fourth-order valence-corrected chi connectivity index (χ4v) is 6.11. The van der Waals surface area contributed by atoms with E-state index in [9.17, 15) is 4.21 Å². The molecule has 112 valence electrons. The summed E-state index contributed by atoms with van der Waals surface area (Å²) in [5.41, 5.74) is 0.377. The van der Waals surface area contributed by atoms with Crippen molar-refractivity contribution < 1.29 is 4.21 Å². The van der Waals surface area contributed by atoms with Gasteiger partial charge in [-0.1, -0.05) is 33.6 Å². The van der Waals surface area contributed by atoms with E-state index in [0.29, 0.717) is 16.7 Å². The van der Waals surface area contributed by atoms with Crippen LogP contribution in [0.4, 0.5) is 0 Å². The van der Waals surface area contributed by atoms with Crippen LogP contribution in [0, 0.1) is 11.3 Å². The topological polar surface area (TPSA) is 29.1 Å². The van der Waals surface area contributed by atoms with E-state index >= 15 is 0 Å². The summed E-state index contributed by atoms with van der Waals surface area (Å²) in [6, 6.07) is 0.486. The molecule has 3 unspecified atom stereocenters. The van der Waals surface area contributed by atoms with Crippen LogP contribution in [-0.4, -0.2) is 27.8 Å². The van der Waals surface area contributed by atoms with Crippen molar-refractivity contribution in [3.05, 3.63) is 0 Å². The summed E-state index contributed by atoms with van der Waals surface area (Å²) in [6.07, 6.45) is 8.93. The Kier molecular flexibility index (Phi) is 5.47. The summed E-state index contributed by atoms with van der Waals surface area (Å²) in [5.74, 6) is 1.70.